The van der Waals surface area contributed by atoms with Gasteiger partial charge in [-0.1, -0.05) is 11.3 Å². The van der Waals surface area contributed by atoms with E-state index in [1.807, 2.05) is 5.38 Å². The van der Waals surface area contributed by atoms with Crippen molar-refractivity contribution in [2.45, 2.75) is 13.3 Å². The van der Waals surface area contributed by atoms with Crippen LogP contribution in [0.15, 0.2) is 11.6 Å². The summed E-state index contributed by atoms with van der Waals surface area (Å²) in [5, 5.41) is 15.6. The van der Waals surface area contributed by atoms with Crippen LogP contribution in [0.4, 0.5) is 5.13 Å². The Hall–Kier alpha value is -1.47. The van der Waals surface area contributed by atoms with Gasteiger partial charge in [0.2, 0.25) is 0 Å². The van der Waals surface area contributed by atoms with Gasteiger partial charge in [0.1, 0.15) is 4.88 Å². The van der Waals surface area contributed by atoms with Gasteiger partial charge in [-0.05, 0) is 6.92 Å². The highest BCUT2D eigenvalue weighted by Gasteiger charge is 2.13. The molecule has 0 radical (unpaired) electrons. The number of nitrogens with one attached hydrogen (secondary N) is 1. The summed E-state index contributed by atoms with van der Waals surface area (Å²) in [4.78, 5) is 19.4. The average molecular weight is 269 g/mol. The molecule has 2 rings (SSSR count). The number of carbonyl (C=O) groups is 1. The van der Waals surface area contributed by atoms with Crippen LogP contribution in [0.2, 0.25) is 0 Å². The van der Waals surface area contributed by atoms with Gasteiger partial charge < -0.3 is 10.4 Å². The molecule has 2 aromatic heterocycles. The summed E-state index contributed by atoms with van der Waals surface area (Å²) >= 11 is 2.78. The van der Waals surface area contributed by atoms with E-state index in [4.69, 9.17) is 5.11 Å². The maximum absolute atomic E-state index is 10.8. The van der Waals surface area contributed by atoms with Gasteiger partial charge in [-0.15, -0.1) is 11.3 Å². The molecule has 0 fully saturated rings. The van der Waals surface area contributed by atoms with E-state index in [0.29, 0.717) is 22.2 Å². The molecule has 0 aliphatic heterocycles. The van der Waals surface area contributed by atoms with E-state index in [1.54, 1.807) is 24.5 Å². The molecule has 0 aliphatic rings. The fourth-order valence-electron chi connectivity index (χ4n) is 1.32. The van der Waals surface area contributed by atoms with Crippen LogP contribution in [0.5, 0.6) is 0 Å². The van der Waals surface area contributed by atoms with Crippen LogP contribution in [-0.4, -0.2) is 27.6 Å². The van der Waals surface area contributed by atoms with E-state index in [-0.39, 0.29) is 0 Å². The normalized spacial score (nSPS) is 10.4. The first-order valence-corrected chi connectivity index (χ1v) is 6.69. The van der Waals surface area contributed by atoms with Crippen molar-refractivity contribution in [2.24, 2.45) is 0 Å². The number of anilines is 1. The Morgan fingerprint density at radius 2 is 2.41 bits per heavy atom. The van der Waals surface area contributed by atoms with Crippen molar-refractivity contribution in [1.82, 2.24) is 9.97 Å². The number of carboxylic acid groups (broad SMARTS) is 1. The largest absolute Gasteiger partial charge is 0.477 e. The minimum atomic E-state index is -0.923. The van der Waals surface area contributed by atoms with Crippen LogP contribution in [0.1, 0.15) is 20.4 Å². The molecule has 0 saturated carbocycles. The lowest BCUT2D eigenvalue weighted by Gasteiger charge is -1.99. The van der Waals surface area contributed by atoms with Crippen molar-refractivity contribution in [2.75, 3.05) is 11.9 Å². The minimum Gasteiger partial charge on any atom is -0.477 e. The predicted molar refractivity (Wildman–Crippen MR) is 68.1 cm³/mol. The second kappa shape index (κ2) is 5.24. The van der Waals surface area contributed by atoms with E-state index >= 15 is 0 Å². The molecular weight excluding hydrogens is 258 g/mol. The summed E-state index contributed by atoms with van der Waals surface area (Å²) in [5.41, 5.74) is 0.555. The number of aryl methyl sites for hydroxylation is 1. The number of thiazole rings is 2. The van der Waals surface area contributed by atoms with Gasteiger partial charge in [0, 0.05) is 24.5 Å². The summed E-state index contributed by atoms with van der Waals surface area (Å²) in [6.07, 6.45) is 2.59. The lowest BCUT2D eigenvalue weighted by molar-refractivity contribution is 0.0701. The molecule has 0 aromatic carbocycles. The molecule has 0 saturated heterocycles. The van der Waals surface area contributed by atoms with Crippen LogP contribution in [0.25, 0.3) is 0 Å². The monoisotopic (exact) mass is 269 g/mol. The Balaban J connectivity index is 1.91. The van der Waals surface area contributed by atoms with Crippen LogP contribution in [-0.2, 0) is 6.42 Å². The summed E-state index contributed by atoms with van der Waals surface area (Å²) in [6.45, 7) is 2.41. The van der Waals surface area contributed by atoms with Crippen LogP contribution in [0, 0.1) is 6.92 Å². The van der Waals surface area contributed by atoms with Crippen LogP contribution < -0.4 is 5.32 Å². The number of hydrogen-bond donors (Lipinski definition) is 2. The molecule has 90 valence electrons. The molecular formula is C10H11N3O2S2. The smallest absolute Gasteiger partial charge is 0.347 e. The van der Waals surface area contributed by atoms with Crippen molar-refractivity contribution in [1.29, 1.82) is 0 Å². The molecule has 2 aromatic rings. The van der Waals surface area contributed by atoms with E-state index in [2.05, 4.69) is 15.3 Å². The third-order valence-corrected chi connectivity index (χ3v) is 4.03. The first-order chi connectivity index (χ1) is 8.16. The van der Waals surface area contributed by atoms with Gasteiger partial charge >= 0.3 is 5.97 Å². The van der Waals surface area contributed by atoms with E-state index in [1.165, 1.54) is 11.3 Å². The van der Waals surface area contributed by atoms with Gasteiger partial charge in [0.15, 0.2) is 5.13 Å². The number of rotatable bonds is 5. The maximum atomic E-state index is 10.8. The van der Waals surface area contributed by atoms with Gasteiger partial charge in [-0.3, -0.25) is 0 Å². The maximum Gasteiger partial charge on any atom is 0.347 e. The number of aromatic carboxylic acids is 1. The van der Waals surface area contributed by atoms with E-state index in [9.17, 15) is 4.79 Å². The number of hydrogen-bond acceptors (Lipinski definition) is 6. The summed E-state index contributed by atoms with van der Waals surface area (Å²) in [6, 6.07) is 0. The first-order valence-electron chi connectivity index (χ1n) is 5.00. The zero-order valence-electron chi connectivity index (χ0n) is 9.14. The van der Waals surface area contributed by atoms with E-state index in [0.717, 1.165) is 11.4 Å². The summed E-state index contributed by atoms with van der Waals surface area (Å²) in [7, 11) is 0. The zero-order chi connectivity index (χ0) is 12.3. The van der Waals surface area contributed by atoms with Crippen molar-refractivity contribution in [3.05, 3.63) is 27.2 Å². The highest BCUT2D eigenvalue weighted by molar-refractivity contribution is 7.17. The lowest BCUT2D eigenvalue weighted by Crippen LogP contribution is -2.04. The first kappa shape index (κ1) is 12.0. The van der Waals surface area contributed by atoms with Crippen molar-refractivity contribution < 1.29 is 9.90 Å². The second-order valence-corrected chi connectivity index (χ2v) is 5.32. The fourth-order valence-corrected chi connectivity index (χ4v) is 2.77. The lowest BCUT2D eigenvalue weighted by atomic mass is 10.4. The highest BCUT2D eigenvalue weighted by Crippen LogP contribution is 2.22. The molecule has 0 aliphatic carbocycles. The SMILES string of the molecule is Cc1nc(NCCc2nccs2)sc1C(=O)O. The number of aromatic nitrogens is 2. The standard InChI is InChI=1S/C10H11N3O2S2/c1-6-8(9(14)15)17-10(13-6)12-3-2-7-11-4-5-16-7/h4-5H,2-3H2,1H3,(H,12,13)(H,14,15). The predicted octanol–water partition coefficient (Wildman–Crippen LogP) is 2.26. The Morgan fingerprint density at radius 3 is 3.00 bits per heavy atom. The summed E-state index contributed by atoms with van der Waals surface area (Å²) < 4.78 is 0. The average Bonchev–Trinajstić information content (AvgIpc) is 2.88. The van der Waals surface area contributed by atoms with Crippen LogP contribution >= 0.6 is 22.7 Å². The molecule has 2 N–H and O–H groups in total. The van der Waals surface area contributed by atoms with E-state index < -0.39 is 5.97 Å². The van der Waals surface area contributed by atoms with Gasteiger partial charge in [0.25, 0.3) is 0 Å². The Morgan fingerprint density at radius 1 is 1.59 bits per heavy atom. The molecule has 0 unspecified atom stereocenters. The van der Waals surface area contributed by atoms with Gasteiger partial charge in [0.05, 0.1) is 10.7 Å². The third kappa shape index (κ3) is 3.01. The molecule has 0 atom stereocenters. The molecule has 5 nitrogen and oxygen atoms in total. The van der Waals surface area contributed by atoms with Crippen molar-refractivity contribution in [3.8, 4) is 0 Å². The molecule has 2 heterocycles. The second-order valence-electron chi connectivity index (χ2n) is 3.34. The minimum absolute atomic E-state index is 0.293. The molecule has 17 heavy (non-hydrogen) atoms. The van der Waals surface area contributed by atoms with Gasteiger partial charge in [-0.2, -0.15) is 0 Å². The topological polar surface area (TPSA) is 75.1 Å². The van der Waals surface area contributed by atoms with Gasteiger partial charge in [-0.25, -0.2) is 14.8 Å². The molecule has 7 heteroatoms. The molecule has 0 amide bonds. The highest BCUT2D eigenvalue weighted by atomic mass is 32.1. The number of carboxylic acids is 1. The third-order valence-electron chi connectivity index (χ3n) is 2.09. The van der Waals surface area contributed by atoms with Crippen LogP contribution in [0.3, 0.4) is 0 Å². The molecule has 0 spiro atoms. The Kier molecular flexibility index (Phi) is 3.70. The quantitative estimate of drug-likeness (QED) is 0.870. The van der Waals surface area contributed by atoms with Crippen molar-refractivity contribution in [3.63, 3.8) is 0 Å². The Bertz CT molecular complexity index is 508. The Labute approximate surface area is 106 Å². The van der Waals surface area contributed by atoms with Crippen molar-refractivity contribution >= 4 is 33.8 Å². The fraction of sp³-hybridized carbons (Fsp3) is 0.300. The summed E-state index contributed by atoms with van der Waals surface area (Å²) in [5.74, 6) is -0.923. The zero-order valence-corrected chi connectivity index (χ0v) is 10.8. The molecule has 0 bridgehead atoms. The number of nitrogens with zero attached hydrogens (tertiary/aromatic N) is 2.